The van der Waals surface area contributed by atoms with Crippen molar-refractivity contribution in [1.29, 1.82) is 0 Å². The molecular weight excluding hydrogens is 316 g/mol. The third-order valence-corrected chi connectivity index (χ3v) is 4.82. The van der Waals surface area contributed by atoms with E-state index >= 15 is 0 Å². The van der Waals surface area contributed by atoms with Gasteiger partial charge in [-0.25, -0.2) is 0 Å². The van der Waals surface area contributed by atoms with Gasteiger partial charge in [0.15, 0.2) is 0 Å². The highest BCUT2D eigenvalue weighted by molar-refractivity contribution is 7.87. The summed E-state index contributed by atoms with van der Waals surface area (Å²) in [5, 5.41) is 9.14. The molecule has 0 aliphatic heterocycles. The number of carbonyl (C=O) groups is 1. The molecule has 21 heavy (non-hydrogen) atoms. The minimum absolute atomic E-state index is 0.0867. The van der Waals surface area contributed by atoms with Gasteiger partial charge in [-0.15, -0.1) is 0 Å². The molecule has 1 atom stereocenters. The lowest BCUT2D eigenvalue weighted by atomic mass is 10.1. The lowest BCUT2D eigenvalue weighted by Crippen LogP contribution is -2.40. The van der Waals surface area contributed by atoms with Crippen molar-refractivity contribution in [2.24, 2.45) is 0 Å². The van der Waals surface area contributed by atoms with Crippen molar-refractivity contribution in [3.8, 4) is 0 Å². The maximum atomic E-state index is 12.2. The summed E-state index contributed by atoms with van der Waals surface area (Å²) in [6.45, 7) is 1.77. The van der Waals surface area contributed by atoms with Crippen molar-refractivity contribution < 1.29 is 18.3 Å². The molecule has 2 N–H and O–H groups in total. The number of rotatable bonds is 8. The molecule has 0 bridgehead atoms. The summed E-state index contributed by atoms with van der Waals surface area (Å²) in [6.07, 6.45) is 0.303. The van der Waals surface area contributed by atoms with Crippen LogP contribution in [-0.2, 0) is 15.0 Å². The molecule has 8 heteroatoms. The third kappa shape index (κ3) is 5.62. The van der Waals surface area contributed by atoms with E-state index in [1.54, 1.807) is 24.3 Å². The molecule has 1 rings (SSSR count). The van der Waals surface area contributed by atoms with Crippen LogP contribution < -0.4 is 4.72 Å². The zero-order valence-corrected chi connectivity index (χ0v) is 13.5. The minimum atomic E-state index is -3.75. The van der Waals surface area contributed by atoms with E-state index < -0.39 is 22.2 Å². The Morgan fingerprint density at radius 3 is 2.67 bits per heavy atom. The number of carboxylic acids is 1. The summed E-state index contributed by atoms with van der Waals surface area (Å²) in [4.78, 5) is 10.5. The second-order valence-electron chi connectivity index (χ2n) is 4.60. The van der Waals surface area contributed by atoms with Crippen LogP contribution in [0.25, 0.3) is 0 Å². The molecule has 1 aromatic rings. The van der Waals surface area contributed by atoms with Crippen molar-refractivity contribution in [2.75, 3.05) is 13.6 Å². The summed E-state index contributed by atoms with van der Waals surface area (Å²) < 4.78 is 27.9. The molecule has 118 valence electrons. The van der Waals surface area contributed by atoms with Crippen LogP contribution in [0.2, 0.25) is 5.02 Å². The maximum absolute atomic E-state index is 12.2. The molecule has 1 aromatic carbocycles. The second-order valence-corrected chi connectivity index (χ2v) is 6.85. The quantitative estimate of drug-likeness (QED) is 0.761. The number of nitrogens with zero attached hydrogens (tertiary/aromatic N) is 1. The number of aliphatic carboxylic acids is 1. The van der Waals surface area contributed by atoms with E-state index in [9.17, 15) is 13.2 Å². The molecule has 0 amide bonds. The van der Waals surface area contributed by atoms with Gasteiger partial charge in [-0.1, -0.05) is 30.7 Å². The van der Waals surface area contributed by atoms with Crippen molar-refractivity contribution in [2.45, 2.75) is 25.8 Å². The molecule has 0 fully saturated rings. The zero-order valence-electron chi connectivity index (χ0n) is 11.9. The van der Waals surface area contributed by atoms with Crippen molar-refractivity contribution in [3.63, 3.8) is 0 Å². The number of hydrogen-bond donors (Lipinski definition) is 2. The van der Waals surface area contributed by atoms with Gasteiger partial charge in [0.2, 0.25) is 0 Å². The van der Waals surface area contributed by atoms with E-state index in [4.69, 9.17) is 16.7 Å². The van der Waals surface area contributed by atoms with Gasteiger partial charge in [0.05, 0.1) is 6.42 Å². The van der Waals surface area contributed by atoms with Gasteiger partial charge in [-0.2, -0.15) is 17.4 Å². The van der Waals surface area contributed by atoms with Crippen LogP contribution in [0.5, 0.6) is 0 Å². The monoisotopic (exact) mass is 334 g/mol. The Labute approximate surface area is 129 Å². The largest absolute Gasteiger partial charge is 0.481 e. The molecule has 6 nitrogen and oxygen atoms in total. The predicted molar refractivity (Wildman–Crippen MR) is 81.4 cm³/mol. The topological polar surface area (TPSA) is 86.7 Å². The zero-order chi connectivity index (χ0) is 16.0. The Hall–Kier alpha value is -1.15. The molecule has 1 unspecified atom stereocenters. The van der Waals surface area contributed by atoms with E-state index in [0.29, 0.717) is 11.4 Å². The van der Waals surface area contributed by atoms with Crippen LogP contribution >= 0.6 is 11.6 Å². The average molecular weight is 335 g/mol. The smallest absolute Gasteiger partial charge is 0.304 e. The highest BCUT2D eigenvalue weighted by atomic mass is 35.5. The molecule has 0 saturated carbocycles. The van der Waals surface area contributed by atoms with Crippen LogP contribution in [-0.4, -0.2) is 37.4 Å². The molecule has 0 aliphatic rings. The summed E-state index contributed by atoms with van der Waals surface area (Å²) in [6, 6.07) is 6.55. The first-order valence-corrected chi connectivity index (χ1v) is 8.29. The van der Waals surface area contributed by atoms with E-state index in [0.717, 1.165) is 9.87 Å². The van der Waals surface area contributed by atoms with Gasteiger partial charge >= 0.3 is 5.97 Å². The summed E-state index contributed by atoms with van der Waals surface area (Å²) in [7, 11) is -2.41. The Morgan fingerprint density at radius 2 is 2.14 bits per heavy atom. The van der Waals surface area contributed by atoms with Crippen LogP contribution in [0.15, 0.2) is 24.3 Å². The molecule has 0 radical (unpaired) electrons. The van der Waals surface area contributed by atoms with E-state index in [1.165, 1.54) is 7.05 Å². The lowest BCUT2D eigenvalue weighted by Gasteiger charge is -2.22. The molecule has 0 heterocycles. The highest BCUT2D eigenvalue weighted by Crippen LogP contribution is 2.21. The first-order valence-electron chi connectivity index (χ1n) is 6.47. The van der Waals surface area contributed by atoms with Crippen LogP contribution in [0.3, 0.4) is 0 Å². The van der Waals surface area contributed by atoms with Crippen LogP contribution in [0.1, 0.15) is 31.4 Å². The Kier molecular flexibility index (Phi) is 6.60. The molecule has 0 aromatic heterocycles. The van der Waals surface area contributed by atoms with Crippen LogP contribution in [0, 0.1) is 0 Å². The number of benzene rings is 1. The third-order valence-electron chi connectivity index (χ3n) is 3.00. The van der Waals surface area contributed by atoms with Gasteiger partial charge in [0.25, 0.3) is 10.2 Å². The minimum Gasteiger partial charge on any atom is -0.481 e. The standard InChI is InChI=1S/C13H19ClN2O4S/c1-3-12(10-5-4-6-11(14)9-10)15-21(19,20)16(2)8-7-13(17)18/h4-6,9,12,15H,3,7-8H2,1-2H3,(H,17,18). The Morgan fingerprint density at radius 1 is 1.48 bits per heavy atom. The number of carboxylic acid groups (broad SMARTS) is 1. The number of nitrogens with one attached hydrogen (secondary N) is 1. The van der Waals surface area contributed by atoms with Gasteiger partial charge in [0.1, 0.15) is 0 Å². The summed E-state index contributed by atoms with van der Waals surface area (Å²) >= 11 is 5.91. The molecule has 0 saturated heterocycles. The van der Waals surface area contributed by atoms with Gasteiger partial charge < -0.3 is 5.11 Å². The first-order chi connectivity index (χ1) is 9.76. The Bertz CT molecular complexity index is 592. The highest BCUT2D eigenvalue weighted by Gasteiger charge is 2.23. The lowest BCUT2D eigenvalue weighted by molar-refractivity contribution is -0.137. The fourth-order valence-corrected chi connectivity index (χ4v) is 3.13. The predicted octanol–water partition coefficient (Wildman–Crippen LogP) is 2.03. The van der Waals surface area contributed by atoms with E-state index in [-0.39, 0.29) is 13.0 Å². The summed E-state index contributed by atoms with van der Waals surface area (Å²) in [5.74, 6) is -1.04. The van der Waals surface area contributed by atoms with Crippen molar-refractivity contribution in [3.05, 3.63) is 34.9 Å². The van der Waals surface area contributed by atoms with Gasteiger partial charge in [0, 0.05) is 24.7 Å². The van der Waals surface area contributed by atoms with Crippen LogP contribution in [0.4, 0.5) is 0 Å². The summed E-state index contributed by atoms with van der Waals surface area (Å²) in [5.41, 5.74) is 0.764. The van der Waals surface area contributed by atoms with Gasteiger partial charge in [-0.05, 0) is 24.1 Å². The fraction of sp³-hybridized carbons (Fsp3) is 0.462. The maximum Gasteiger partial charge on any atom is 0.304 e. The molecule has 0 aliphatic carbocycles. The van der Waals surface area contributed by atoms with Gasteiger partial charge in [-0.3, -0.25) is 4.79 Å². The fourth-order valence-electron chi connectivity index (χ4n) is 1.75. The number of halogens is 1. The van der Waals surface area contributed by atoms with Crippen molar-refractivity contribution in [1.82, 2.24) is 9.03 Å². The normalized spacial score (nSPS) is 13.3. The first kappa shape index (κ1) is 17.9. The molecular formula is C13H19ClN2O4S. The number of hydrogen-bond acceptors (Lipinski definition) is 3. The Balaban J connectivity index is 2.82. The average Bonchev–Trinajstić information content (AvgIpc) is 2.42. The molecule has 0 spiro atoms. The SMILES string of the molecule is CCC(NS(=O)(=O)N(C)CCC(=O)O)c1cccc(Cl)c1. The van der Waals surface area contributed by atoms with E-state index in [1.807, 2.05) is 6.92 Å². The second kappa shape index (κ2) is 7.74. The van der Waals surface area contributed by atoms with Crippen molar-refractivity contribution >= 4 is 27.8 Å². The van der Waals surface area contributed by atoms with E-state index in [2.05, 4.69) is 4.72 Å².